The molecule has 0 unspecified atom stereocenters. The first-order valence-electron chi connectivity index (χ1n) is 6.37. The smallest absolute Gasteiger partial charge is 0.174 e. The van der Waals surface area contributed by atoms with Crippen LogP contribution in [0.3, 0.4) is 0 Å². The molecule has 1 aliphatic rings. The molecule has 1 heterocycles. The van der Waals surface area contributed by atoms with E-state index in [-0.39, 0.29) is 35.0 Å². The van der Waals surface area contributed by atoms with E-state index in [1.54, 1.807) is 0 Å². The highest BCUT2D eigenvalue weighted by Crippen LogP contribution is 2.41. The van der Waals surface area contributed by atoms with Crippen molar-refractivity contribution in [2.24, 2.45) is 0 Å². The molecule has 0 aromatic heterocycles. The molecule has 20 heavy (non-hydrogen) atoms. The Morgan fingerprint density at radius 3 is 2.55 bits per heavy atom. The maximum Gasteiger partial charge on any atom is 0.174 e. The Bertz CT molecular complexity index is 674. The molecule has 0 saturated carbocycles. The number of carbonyl (C=O) groups is 1. The highest BCUT2D eigenvalue weighted by Gasteiger charge is 2.30. The van der Waals surface area contributed by atoms with E-state index in [4.69, 9.17) is 4.74 Å². The van der Waals surface area contributed by atoms with Gasteiger partial charge in [-0.2, -0.15) is 0 Å². The predicted molar refractivity (Wildman–Crippen MR) is 73.3 cm³/mol. The number of aryl methyl sites for hydroxylation is 1. The van der Waals surface area contributed by atoms with Gasteiger partial charge < -0.3 is 14.9 Å². The van der Waals surface area contributed by atoms with Gasteiger partial charge in [0.05, 0.1) is 6.42 Å². The van der Waals surface area contributed by atoms with E-state index in [1.165, 1.54) is 6.07 Å². The number of Topliss-reactive ketones (excluding diaryl/α,β-unsaturated/α-hetero) is 1. The Labute approximate surface area is 116 Å². The summed E-state index contributed by atoms with van der Waals surface area (Å²) in [6, 6.07) is 10.2. The van der Waals surface area contributed by atoms with Crippen LogP contribution < -0.4 is 4.74 Å². The maximum absolute atomic E-state index is 12.1. The summed E-state index contributed by atoms with van der Waals surface area (Å²) in [6.07, 6.45) is -0.217. The van der Waals surface area contributed by atoms with Crippen LogP contribution in [0.4, 0.5) is 0 Å². The molecule has 4 heteroatoms. The zero-order chi connectivity index (χ0) is 14.3. The summed E-state index contributed by atoms with van der Waals surface area (Å²) in [4.78, 5) is 12.1. The van der Waals surface area contributed by atoms with Crippen molar-refractivity contribution >= 4 is 5.78 Å². The average molecular weight is 270 g/mol. The van der Waals surface area contributed by atoms with Crippen molar-refractivity contribution in [1.29, 1.82) is 0 Å². The van der Waals surface area contributed by atoms with Gasteiger partial charge in [0.1, 0.15) is 28.9 Å². The molecular weight excluding hydrogens is 256 g/mol. The van der Waals surface area contributed by atoms with Crippen LogP contribution in [0, 0.1) is 6.92 Å². The van der Waals surface area contributed by atoms with Crippen LogP contribution in [-0.4, -0.2) is 16.0 Å². The second-order valence-corrected chi connectivity index (χ2v) is 4.98. The Hall–Kier alpha value is -2.49. The van der Waals surface area contributed by atoms with Crippen molar-refractivity contribution in [3.8, 4) is 17.2 Å². The molecule has 3 rings (SSSR count). The summed E-state index contributed by atoms with van der Waals surface area (Å²) in [7, 11) is 0. The lowest BCUT2D eigenvalue weighted by atomic mass is 9.95. The standard InChI is InChI=1S/C16H14O4/c1-9-2-4-10(5-3-9)14-8-13(19)16-12(18)6-11(17)7-15(16)20-14/h2-7,14,17-18H,8H2,1H3/t14-/m0/s1. The molecule has 0 fully saturated rings. The molecule has 0 spiro atoms. The lowest BCUT2D eigenvalue weighted by molar-refractivity contribution is 0.0845. The normalized spacial score (nSPS) is 17.4. The largest absolute Gasteiger partial charge is 0.508 e. The first kappa shape index (κ1) is 12.5. The van der Waals surface area contributed by atoms with Crippen LogP contribution >= 0.6 is 0 Å². The SMILES string of the molecule is Cc1ccc([C@@H]2CC(=O)c3c(O)cc(O)cc3O2)cc1. The van der Waals surface area contributed by atoms with Gasteiger partial charge in [-0.05, 0) is 12.5 Å². The molecule has 102 valence electrons. The van der Waals surface area contributed by atoms with E-state index in [1.807, 2.05) is 31.2 Å². The number of phenolic OH excluding ortho intramolecular Hbond substituents is 2. The summed E-state index contributed by atoms with van der Waals surface area (Å²) < 4.78 is 5.75. The molecule has 1 atom stereocenters. The van der Waals surface area contributed by atoms with Gasteiger partial charge in [-0.1, -0.05) is 29.8 Å². The number of fused-ring (bicyclic) bond motifs is 1. The van der Waals surface area contributed by atoms with Gasteiger partial charge in [-0.25, -0.2) is 0 Å². The van der Waals surface area contributed by atoms with Gasteiger partial charge in [0.15, 0.2) is 5.78 Å². The zero-order valence-electron chi connectivity index (χ0n) is 11.0. The molecular formula is C16H14O4. The Kier molecular flexibility index (Phi) is 2.86. The number of aromatic hydroxyl groups is 2. The molecule has 0 aliphatic carbocycles. The van der Waals surface area contributed by atoms with Crippen LogP contribution in [0.5, 0.6) is 17.2 Å². The molecule has 0 amide bonds. The third-order valence-corrected chi connectivity index (χ3v) is 3.43. The van der Waals surface area contributed by atoms with Gasteiger partial charge in [0, 0.05) is 12.1 Å². The van der Waals surface area contributed by atoms with Crippen LogP contribution in [-0.2, 0) is 0 Å². The second kappa shape index (κ2) is 4.56. The van der Waals surface area contributed by atoms with E-state index in [0.29, 0.717) is 0 Å². The number of hydrogen-bond acceptors (Lipinski definition) is 4. The minimum absolute atomic E-state index is 0.126. The fourth-order valence-corrected chi connectivity index (χ4v) is 2.39. The van der Waals surface area contributed by atoms with E-state index in [2.05, 4.69) is 0 Å². The topological polar surface area (TPSA) is 66.8 Å². The van der Waals surface area contributed by atoms with Crippen molar-refractivity contribution in [3.05, 3.63) is 53.1 Å². The number of hydrogen-bond donors (Lipinski definition) is 2. The van der Waals surface area contributed by atoms with Crippen molar-refractivity contribution in [3.63, 3.8) is 0 Å². The van der Waals surface area contributed by atoms with Crippen LogP contribution in [0.2, 0.25) is 0 Å². The van der Waals surface area contributed by atoms with Crippen molar-refractivity contribution in [2.75, 3.05) is 0 Å². The average Bonchev–Trinajstić information content (AvgIpc) is 2.38. The highest BCUT2D eigenvalue weighted by molar-refractivity contribution is 6.02. The molecule has 0 saturated heterocycles. The fourth-order valence-electron chi connectivity index (χ4n) is 2.39. The van der Waals surface area contributed by atoms with Crippen LogP contribution in [0.15, 0.2) is 36.4 Å². The molecule has 1 aliphatic heterocycles. The molecule has 2 aromatic carbocycles. The third-order valence-electron chi connectivity index (χ3n) is 3.43. The van der Waals surface area contributed by atoms with Gasteiger partial charge >= 0.3 is 0 Å². The van der Waals surface area contributed by atoms with Gasteiger partial charge in [-0.15, -0.1) is 0 Å². The quantitative estimate of drug-likeness (QED) is 0.835. The number of benzene rings is 2. The summed E-state index contributed by atoms with van der Waals surface area (Å²) in [5, 5.41) is 19.2. The van der Waals surface area contributed by atoms with Crippen molar-refractivity contribution in [1.82, 2.24) is 0 Å². The number of rotatable bonds is 1. The Morgan fingerprint density at radius 1 is 1.15 bits per heavy atom. The minimum atomic E-state index is -0.392. The van der Waals surface area contributed by atoms with Gasteiger partial charge in [0.2, 0.25) is 0 Å². The second-order valence-electron chi connectivity index (χ2n) is 4.98. The van der Waals surface area contributed by atoms with E-state index >= 15 is 0 Å². The number of ether oxygens (including phenoxy) is 1. The van der Waals surface area contributed by atoms with Crippen molar-refractivity contribution in [2.45, 2.75) is 19.4 Å². The lowest BCUT2D eigenvalue weighted by Crippen LogP contribution is -2.20. The fraction of sp³-hybridized carbons (Fsp3) is 0.188. The molecule has 2 N–H and O–H groups in total. The van der Waals surface area contributed by atoms with Crippen LogP contribution in [0.1, 0.15) is 34.0 Å². The summed E-state index contributed by atoms with van der Waals surface area (Å²) in [5.41, 5.74) is 2.18. The van der Waals surface area contributed by atoms with Gasteiger partial charge in [0.25, 0.3) is 0 Å². The molecule has 4 nitrogen and oxygen atoms in total. The van der Waals surface area contributed by atoms with Crippen molar-refractivity contribution < 1.29 is 19.7 Å². The Morgan fingerprint density at radius 2 is 1.85 bits per heavy atom. The number of carbonyl (C=O) groups excluding carboxylic acids is 1. The monoisotopic (exact) mass is 270 g/mol. The van der Waals surface area contributed by atoms with E-state index in [0.717, 1.165) is 17.2 Å². The van der Waals surface area contributed by atoms with E-state index in [9.17, 15) is 15.0 Å². The number of ketones is 1. The predicted octanol–water partition coefficient (Wildman–Crippen LogP) is 3.11. The summed E-state index contributed by atoms with van der Waals surface area (Å²) >= 11 is 0. The summed E-state index contributed by atoms with van der Waals surface area (Å²) in [6.45, 7) is 1.99. The first-order chi connectivity index (χ1) is 9.54. The number of phenols is 2. The van der Waals surface area contributed by atoms with Crippen LogP contribution in [0.25, 0.3) is 0 Å². The molecule has 2 aromatic rings. The first-order valence-corrected chi connectivity index (χ1v) is 6.37. The molecule has 0 bridgehead atoms. The Balaban J connectivity index is 2.00. The molecule has 0 radical (unpaired) electrons. The lowest BCUT2D eigenvalue weighted by Gasteiger charge is -2.26. The minimum Gasteiger partial charge on any atom is -0.508 e. The zero-order valence-corrected chi connectivity index (χ0v) is 11.0. The third kappa shape index (κ3) is 2.09. The summed E-state index contributed by atoms with van der Waals surface area (Å²) in [5.74, 6) is -0.329. The highest BCUT2D eigenvalue weighted by atomic mass is 16.5. The maximum atomic E-state index is 12.1. The van der Waals surface area contributed by atoms with Gasteiger partial charge in [-0.3, -0.25) is 4.79 Å². The van der Waals surface area contributed by atoms with E-state index < -0.39 is 6.10 Å².